The maximum absolute atomic E-state index is 12.0. The molecule has 0 saturated heterocycles. The molecule has 35 heavy (non-hydrogen) atoms. The number of esters is 1. The third-order valence-electron chi connectivity index (χ3n) is 4.99. The van der Waals surface area contributed by atoms with Gasteiger partial charge in [0.05, 0.1) is 22.6 Å². The number of nitrogens with zero attached hydrogens (tertiary/aromatic N) is 5. The molecule has 0 N–H and O–H groups in total. The number of hydrogen-bond donors (Lipinski definition) is 0. The predicted molar refractivity (Wildman–Crippen MR) is 128 cm³/mol. The number of azo groups is 1. The van der Waals surface area contributed by atoms with Gasteiger partial charge in [-0.05, 0) is 30.3 Å². The van der Waals surface area contributed by atoms with Gasteiger partial charge in [-0.2, -0.15) is 10.4 Å². The molecule has 0 spiro atoms. The molecule has 3 aromatic rings. The number of nitriles is 1. The van der Waals surface area contributed by atoms with E-state index < -0.39 is 10.9 Å². The smallest absolute Gasteiger partial charge is 0.308 e. The Morgan fingerprint density at radius 3 is 2.43 bits per heavy atom. The molecule has 0 heterocycles. The topological polar surface area (TPSA) is 138 Å². The van der Waals surface area contributed by atoms with Crippen molar-refractivity contribution < 1.29 is 19.2 Å². The Balaban J connectivity index is 1.51. The Hall–Kier alpha value is -4.91. The van der Waals surface area contributed by atoms with Crippen LogP contribution in [0.15, 0.2) is 83.0 Å². The molecule has 0 aromatic heterocycles. The molecule has 0 aliphatic carbocycles. The molecule has 176 valence electrons. The molecule has 10 nitrogen and oxygen atoms in total. The van der Waals surface area contributed by atoms with Gasteiger partial charge in [0.1, 0.15) is 11.8 Å². The van der Waals surface area contributed by atoms with E-state index >= 15 is 0 Å². The Morgan fingerprint density at radius 1 is 1.06 bits per heavy atom. The molecule has 0 fully saturated rings. The van der Waals surface area contributed by atoms with Crippen molar-refractivity contribution in [3.63, 3.8) is 0 Å². The average Bonchev–Trinajstić information content (AvgIpc) is 2.89. The van der Waals surface area contributed by atoms with Crippen molar-refractivity contribution in [2.45, 2.75) is 6.42 Å². The first-order chi connectivity index (χ1) is 16.9. The zero-order valence-corrected chi connectivity index (χ0v) is 18.8. The fraction of sp³-hybridized carbons (Fsp3) is 0.160. The molecule has 3 aromatic carbocycles. The first-order valence-corrected chi connectivity index (χ1v) is 10.5. The monoisotopic (exact) mass is 471 g/mol. The molecule has 0 saturated carbocycles. The van der Waals surface area contributed by atoms with Gasteiger partial charge in [0, 0.05) is 37.0 Å². The number of non-ortho nitro benzene ring substituents is 1. The third kappa shape index (κ3) is 7.03. The Kier molecular flexibility index (Phi) is 8.34. The molecule has 0 aliphatic heterocycles. The average molecular weight is 471 g/mol. The van der Waals surface area contributed by atoms with Gasteiger partial charge in [-0.1, -0.05) is 30.3 Å². The highest BCUT2D eigenvalue weighted by Gasteiger charge is 2.12. The molecule has 0 atom stereocenters. The zero-order chi connectivity index (χ0) is 25.2. The van der Waals surface area contributed by atoms with Crippen LogP contribution in [0.1, 0.15) is 22.3 Å². The second-order valence-electron chi connectivity index (χ2n) is 7.41. The molecule has 3 rings (SSSR count). The summed E-state index contributed by atoms with van der Waals surface area (Å²) in [5, 5.41) is 28.1. The van der Waals surface area contributed by atoms with E-state index in [0.29, 0.717) is 17.8 Å². The number of ketones is 1. The predicted octanol–water partition coefficient (Wildman–Crippen LogP) is 5.13. The summed E-state index contributed by atoms with van der Waals surface area (Å²) < 4.78 is 5.07. The number of rotatable bonds is 10. The first-order valence-electron chi connectivity index (χ1n) is 10.5. The molecule has 0 bridgehead atoms. The summed E-state index contributed by atoms with van der Waals surface area (Å²) in [6.07, 6.45) is 0.108. The van der Waals surface area contributed by atoms with Crippen molar-refractivity contribution in [1.82, 2.24) is 0 Å². The van der Waals surface area contributed by atoms with Crippen LogP contribution in [0.3, 0.4) is 0 Å². The number of benzene rings is 3. The highest BCUT2D eigenvalue weighted by molar-refractivity contribution is 5.97. The molecule has 0 radical (unpaired) electrons. The van der Waals surface area contributed by atoms with Crippen molar-refractivity contribution in [2.24, 2.45) is 10.2 Å². The third-order valence-corrected chi connectivity index (χ3v) is 4.99. The minimum absolute atomic E-state index is 0.0525. The van der Waals surface area contributed by atoms with Gasteiger partial charge in [-0.15, -0.1) is 5.11 Å². The van der Waals surface area contributed by atoms with Crippen LogP contribution in [-0.4, -0.2) is 36.9 Å². The number of nitro benzene ring substituents is 1. The summed E-state index contributed by atoms with van der Waals surface area (Å²) in [6, 6.07) is 21.3. The van der Waals surface area contributed by atoms with Crippen molar-refractivity contribution in [1.29, 1.82) is 5.26 Å². The summed E-state index contributed by atoms with van der Waals surface area (Å²) in [4.78, 5) is 36.1. The number of ether oxygens (including phenoxy) is 1. The largest absolute Gasteiger partial charge is 0.457 e. The number of Topliss-reactive ketones (excluding diaryl/α,β-unsaturated/α-hetero) is 1. The van der Waals surface area contributed by atoms with Crippen LogP contribution < -0.4 is 4.90 Å². The highest BCUT2D eigenvalue weighted by atomic mass is 16.6. The Labute approximate surface area is 201 Å². The minimum Gasteiger partial charge on any atom is -0.457 e. The van der Waals surface area contributed by atoms with Crippen LogP contribution in [0.25, 0.3) is 0 Å². The van der Waals surface area contributed by atoms with Crippen LogP contribution in [0.2, 0.25) is 0 Å². The van der Waals surface area contributed by atoms with E-state index in [1.807, 2.05) is 18.0 Å². The lowest BCUT2D eigenvalue weighted by Gasteiger charge is -2.18. The van der Waals surface area contributed by atoms with Crippen LogP contribution in [0, 0.1) is 21.4 Å². The van der Waals surface area contributed by atoms with Gasteiger partial charge in [-0.25, -0.2) is 0 Å². The maximum atomic E-state index is 12.0. The second-order valence-corrected chi connectivity index (χ2v) is 7.41. The van der Waals surface area contributed by atoms with E-state index in [2.05, 4.69) is 10.2 Å². The van der Waals surface area contributed by atoms with Crippen LogP contribution in [0.5, 0.6) is 0 Å². The lowest BCUT2D eigenvalue weighted by molar-refractivity contribution is -0.384. The second kappa shape index (κ2) is 11.8. The van der Waals surface area contributed by atoms with Crippen molar-refractivity contribution in [3.8, 4) is 6.07 Å². The summed E-state index contributed by atoms with van der Waals surface area (Å²) in [5.74, 6) is -0.726. The fourth-order valence-electron chi connectivity index (χ4n) is 3.01. The number of carbonyl (C=O) groups excluding carboxylic acids is 2. The number of carbonyl (C=O) groups is 2. The molecular weight excluding hydrogens is 450 g/mol. The number of nitro groups is 1. The van der Waals surface area contributed by atoms with Crippen molar-refractivity contribution in [3.05, 3.63) is 94.0 Å². The van der Waals surface area contributed by atoms with Gasteiger partial charge in [0.15, 0.2) is 12.4 Å². The fourth-order valence-corrected chi connectivity index (χ4v) is 3.01. The Bertz CT molecular complexity index is 1280. The standard InChI is InChI=1S/C25H21N5O5/c1-29(14-13-25(32)35-17-24(31)18-5-3-2-4-6-18)21-9-7-20(8-10-21)27-28-23-12-11-22(30(33)34)15-19(23)16-26/h2-12,15H,13-14,17H2,1H3/b28-27+. The normalized spacial score (nSPS) is 10.5. The van der Waals surface area contributed by atoms with Gasteiger partial charge < -0.3 is 9.64 Å². The molecule has 0 unspecified atom stereocenters. The lowest BCUT2D eigenvalue weighted by atomic mass is 10.1. The van der Waals surface area contributed by atoms with Gasteiger partial charge >= 0.3 is 5.97 Å². The summed E-state index contributed by atoms with van der Waals surface area (Å²) in [7, 11) is 1.81. The molecule has 0 aliphatic rings. The van der Waals surface area contributed by atoms with E-state index in [9.17, 15) is 25.0 Å². The molecule has 10 heteroatoms. The summed E-state index contributed by atoms with van der Waals surface area (Å²) >= 11 is 0. The Morgan fingerprint density at radius 2 is 1.77 bits per heavy atom. The molecular formula is C25H21N5O5. The minimum atomic E-state index is -0.582. The quantitative estimate of drug-likeness (QED) is 0.131. The van der Waals surface area contributed by atoms with Crippen LogP contribution in [0.4, 0.5) is 22.7 Å². The summed E-state index contributed by atoms with van der Waals surface area (Å²) in [5.41, 5.74) is 1.92. The SMILES string of the molecule is CN(CCC(=O)OCC(=O)c1ccccc1)c1ccc(/N=N/c2ccc([N+](=O)[O-])cc2C#N)cc1. The van der Waals surface area contributed by atoms with Gasteiger partial charge in [-0.3, -0.25) is 19.7 Å². The van der Waals surface area contributed by atoms with Crippen LogP contribution in [-0.2, 0) is 9.53 Å². The summed E-state index contributed by atoms with van der Waals surface area (Å²) in [6.45, 7) is 0.0854. The van der Waals surface area contributed by atoms with E-state index in [-0.39, 0.29) is 35.7 Å². The van der Waals surface area contributed by atoms with E-state index in [1.54, 1.807) is 54.6 Å². The first kappa shape index (κ1) is 24.7. The lowest BCUT2D eigenvalue weighted by Crippen LogP contribution is -2.23. The van der Waals surface area contributed by atoms with E-state index in [4.69, 9.17) is 4.74 Å². The molecule has 0 amide bonds. The number of hydrogen-bond acceptors (Lipinski definition) is 9. The zero-order valence-electron chi connectivity index (χ0n) is 18.8. The highest BCUT2D eigenvalue weighted by Crippen LogP contribution is 2.26. The van der Waals surface area contributed by atoms with Crippen molar-refractivity contribution in [2.75, 3.05) is 25.1 Å². The van der Waals surface area contributed by atoms with Gasteiger partial charge in [0.25, 0.3) is 5.69 Å². The van der Waals surface area contributed by atoms with Gasteiger partial charge in [0.2, 0.25) is 0 Å². The van der Waals surface area contributed by atoms with Crippen molar-refractivity contribution >= 4 is 34.5 Å². The van der Waals surface area contributed by atoms with Crippen LogP contribution >= 0.6 is 0 Å². The number of anilines is 1. The maximum Gasteiger partial charge on any atom is 0.308 e. The van der Waals surface area contributed by atoms with E-state index in [1.165, 1.54) is 12.1 Å². The van der Waals surface area contributed by atoms with E-state index in [0.717, 1.165) is 11.8 Å².